The summed E-state index contributed by atoms with van der Waals surface area (Å²) in [4.78, 5) is 62.8. The van der Waals surface area contributed by atoms with Crippen molar-refractivity contribution >= 4 is 57.5 Å². The lowest BCUT2D eigenvalue weighted by atomic mass is 10.0. The lowest BCUT2D eigenvalue weighted by molar-refractivity contribution is -0.144. The van der Waals surface area contributed by atoms with E-state index in [4.69, 9.17) is 10.6 Å². The number of aromatic amines is 1. The second-order valence-corrected chi connectivity index (χ2v) is 10.2. The number of β-lactam (4-membered cyclic amide) rings is 1. The average molecular weight is 525 g/mol. The topological polar surface area (TPSA) is 178 Å². The number of hydrogen-bond donors (Lipinski definition) is 3. The van der Waals surface area contributed by atoms with E-state index in [2.05, 4.69) is 25.5 Å². The molecular formula is C18H20N8O5S3. The first-order valence-corrected chi connectivity index (χ1v) is 12.7. The molecule has 0 radical (unpaired) electrons. The van der Waals surface area contributed by atoms with E-state index in [1.54, 1.807) is 17.3 Å². The summed E-state index contributed by atoms with van der Waals surface area (Å²) in [7, 11) is 2.90. The molecule has 2 aliphatic rings. The molecule has 0 spiro atoms. The first kappa shape index (κ1) is 24.0. The summed E-state index contributed by atoms with van der Waals surface area (Å²) in [6.07, 6.45) is 0. The van der Waals surface area contributed by atoms with E-state index in [-0.39, 0.29) is 27.8 Å². The lowest BCUT2D eigenvalue weighted by Gasteiger charge is -2.50. The number of allylic oxidation sites excluding steroid dienone is 1. The van der Waals surface area contributed by atoms with Crippen LogP contribution >= 0.6 is 34.9 Å². The van der Waals surface area contributed by atoms with Crippen molar-refractivity contribution in [3.05, 3.63) is 43.1 Å². The molecule has 0 aromatic carbocycles. The third-order valence-corrected chi connectivity index (χ3v) is 8.25. The number of oxime groups is 1. The van der Waals surface area contributed by atoms with Crippen molar-refractivity contribution in [2.45, 2.75) is 23.5 Å². The number of nitrogens with one attached hydrogen (secondary N) is 2. The van der Waals surface area contributed by atoms with E-state index >= 15 is 0 Å². The number of hydrogen-bond acceptors (Lipinski definition) is 12. The Hall–Kier alpha value is -3.11. The molecule has 1 fully saturated rings. The minimum Gasteiger partial charge on any atom is -0.398 e. The number of nitrogens with zero attached hydrogens (tertiary/aromatic N) is 5. The molecule has 4 heterocycles. The summed E-state index contributed by atoms with van der Waals surface area (Å²) >= 11 is 3.96. The molecule has 2 aromatic rings. The number of thiazole rings is 1. The molecule has 2 amide bonds. The molecule has 4 rings (SSSR count). The fraction of sp³-hybridized carbons (Fsp3) is 0.389. The smallest absolute Gasteiger partial charge is 0.339 e. The Kier molecular flexibility index (Phi) is 6.81. The van der Waals surface area contributed by atoms with Crippen LogP contribution in [-0.4, -0.2) is 72.2 Å². The van der Waals surface area contributed by atoms with Crippen LogP contribution in [0.15, 0.2) is 36.6 Å². The summed E-state index contributed by atoms with van der Waals surface area (Å²) in [5.74, 6) is 0.279. The normalized spacial score (nSPS) is 20.1. The zero-order valence-corrected chi connectivity index (χ0v) is 20.7. The van der Waals surface area contributed by atoms with Crippen molar-refractivity contribution in [2.75, 3.05) is 24.3 Å². The van der Waals surface area contributed by atoms with Gasteiger partial charge >= 0.3 is 11.1 Å². The Balaban J connectivity index is 1.44. The fourth-order valence-corrected chi connectivity index (χ4v) is 6.52. The maximum Gasteiger partial charge on any atom is 0.339 e. The van der Waals surface area contributed by atoms with Crippen LogP contribution in [0.1, 0.15) is 12.6 Å². The number of H-pyrrole nitrogens is 1. The minimum atomic E-state index is -0.849. The molecule has 2 aromatic heterocycles. The number of thioether (sulfide) groups is 2. The molecule has 4 N–H and O–H groups in total. The fourth-order valence-electron chi connectivity index (χ4n) is 3.37. The van der Waals surface area contributed by atoms with Crippen molar-refractivity contribution < 1.29 is 14.4 Å². The molecule has 13 nitrogen and oxygen atoms in total. The van der Waals surface area contributed by atoms with Gasteiger partial charge in [-0.15, -0.1) is 23.1 Å². The summed E-state index contributed by atoms with van der Waals surface area (Å²) in [5, 5.41) is 10.8. The zero-order valence-electron chi connectivity index (χ0n) is 18.2. The SMILES string of the molecule is CO/N=C(\C(=O)N[C@@H]1C(=O)N2C(C)=C(CSc3nc(=O)c(=O)[nH]n3C)CS[C@H]12)c1csc(N)n1. The molecule has 0 saturated carbocycles. The summed E-state index contributed by atoms with van der Waals surface area (Å²) in [6.45, 7) is 1.84. The van der Waals surface area contributed by atoms with Crippen LogP contribution < -0.4 is 22.2 Å². The minimum absolute atomic E-state index is 0.0640. The summed E-state index contributed by atoms with van der Waals surface area (Å²) in [5.41, 5.74) is 6.00. The van der Waals surface area contributed by atoms with E-state index < -0.39 is 23.1 Å². The third kappa shape index (κ3) is 4.47. The van der Waals surface area contributed by atoms with Crippen LogP contribution in [0, 0.1) is 0 Å². The number of aromatic nitrogens is 4. The Morgan fingerprint density at radius 3 is 2.85 bits per heavy atom. The van der Waals surface area contributed by atoms with Gasteiger partial charge in [0.1, 0.15) is 24.2 Å². The Bertz CT molecular complexity index is 1330. The number of fused-ring (bicyclic) bond motifs is 1. The van der Waals surface area contributed by atoms with E-state index in [1.807, 2.05) is 6.92 Å². The molecule has 2 aliphatic heterocycles. The first-order chi connectivity index (χ1) is 16.2. The van der Waals surface area contributed by atoms with Crippen LogP contribution in [0.25, 0.3) is 0 Å². The van der Waals surface area contributed by atoms with Crippen LogP contribution in [-0.2, 0) is 21.5 Å². The number of carbonyl (C=O) groups is 2. The third-order valence-electron chi connectivity index (χ3n) is 5.12. The quantitative estimate of drug-likeness (QED) is 0.138. The standard InChI is InChI=1S/C18H20N8O5S3/c1-7-8(5-34-18-22-13(28)14(29)23-25(18)2)4-32-16-11(15(30)26(7)16)21-12(27)10(24-31-3)9-6-33-17(19)20-9/h6,11,16H,4-5H2,1-3H3,(H2,19,20)(H,21,27)(H,23,29)/b24-10-/t11-,16-/m1/s1. The van der Waals surface area contributed by atoms with Gasteiger partial charge < -0.3 is 15.9 Å². The Morgan fingerprint density at radius 2 is 2.18 bits per heavy atom. The molecule has 34 heavy (non-hydrogen) atoms. The molecule has 1 saturated heterocycles. The molecular weight excluding hydrogens is 504 g/mol. The monoisotopic (exact) mass is 524 g/mol. The highest BCUT2D eigenvalue weighted by atomic mass is 32.2. The van der Waals surface area contributed by atoms with Gasteiger partial charge in [-0.3, -0.25) is 33.9 Å². The number of rotatable bonds is 7. The van der Waals surface area contributed by atoms with Crippen molar-refractivity contribution in [1.29, 1.82) is 0 Å². The van der Waals surface area contributed by atoms with E-state index in [0.717, 1.165) is 22.6 Å². The maximum atomic E-state index is 12.9. The number of aryl methyl sites for hydroxylation is 1. The Labute approximate surface area is 204 Å². The second kappa shape index (κ2) is 9.63. The van der Waals surface area contributed by atoms with Crippen LogP contribution in [0.3, 0.4) is 0 Å². The van der Waals surface area contributed by atoms with Gasteiger partial charge in [0.2, 0.25) is 0 Å². The molecule has 0 unspecified atom stereocenters. The highest BCUT2D eigenvalue weighted by molar-refractivity contribution is 8.01. The zero-order chi connectivity index (χ0) is 24.6. The molecule has 180 valence electrons. The summed E-state index contributed by atoms with van der Waals surface area (Å²) in [6, 6.07) is -0.721. The van der Waals surface area contributed by atoms with E-state index in [0.29, 0.717) is 16.7 Å². The molecule has 16 heteroatoms. The van der Waals surface area contributed by atoms with E-state index in [1.165, 1.54) is 35.3 Å². The van der Waals surface area contributed by atoms with Gasteiger partial charge in [0.05, 0.1) is 0 Å². The van der Waals surface area contributed by atoms with Gasteiger partial charge in [-0.1, -0.05) is 16.9 Å². The second-order valence-electron chi connectivity index (χ2n) is 7.23. The largest absolute Gasteiger partial charge is 0.398 e. The van der Waals surface area contributed by atoms with E-state index in [9.17, 15) is 19.2 Å². The van der Waals surface area contributed by atoms with Crippen molar-refractivity contribution in [2.24, 2.45) is 12.2 Å². The van der Waals surface area contributed by atoms with Crippen LogP contribution in [0.4, 0.5) is 5.13 Å². The highest BCUT2D eigenvalue weighted by Crippen LogP contribution is 2.41. The van der Waals surface area contributed by atoms with Gasteiger partial charge in [0, 0.05) is 29.6 Å². The lowest BCUT2D eigenvalue weighted by Crippen LogP contribution is -2.70. The summed E-state index contributed by atoms with van der Waals surface area (Å²) < 4.78 is 1.39. The predicted molar refractivity (Wildman–Crippen MR) is 129 cm³/mol. The number of carbonyl (C=O) groups excluding carboxylic acids is 2. The molecule has 2 atom stereocenters. The highest BCUT2D eigenvalue weighted by Gasteiger charge is 2.51. The number of nitrogen functional groups attached to an aromatic ring is 1. The molecule has 0 bridgehead atoms. The number of anilines is 1. The van der Waals surface area contributed by atoms with Crippen LogP contribution in [0.2, 0.25) is 0 Å². The van der Waals surface area contributed by atoms with Crippen molar-refractivity contribution in [3.63, 3.8) is 0 Å². The van der Waals surface area contributed by atoms with Gasteiger partial charge in [-0.05, 0) is 12.5 Å². The van der Waals surface area contributed by atoms with Gasteiger partial charge in [-0.2, -0.15) is 4.98 Å². The van der Waals surface area contributed by atoms with Crippen molar-refractivity contribution in [3.8, 4) is 0 Å². The van der Waals surface area contributed by atoms with Gasteiger partial charge in [-0.25, -0.2) is 4.98 Å². The predicted octanol–water partition coefficient (Wildman–Crippen LogP) is -0.676. The van der Waals surface area contributed by atoms with Gasteiger partial charge in [0.25, 0.3) is 11.8 Å². The number of amides is 2. The van der Waals surface area contributed by atoms with Gasteiger partial charge in [0.15, 0.2) is 16.0 Å². The molecule has 0 aliphatic carbocycles. The maximum absolute atomic E-state index is 12.9. The Morgan fingerprint density at radius 1 is 1.41 bits per heavy atom. The first-order valence-electron chi connectivity index (χ1n) is 9.78. The van der Waals surface area contributed by atoms with Crippen LogP contribution in [0.5, 0.6) is 0 Å². The average Bonchev–Trinajstić information content (AvgIpc) is 3.23. The number of nitrogens with two attached hydrogens (primary N) is 1. The van der Waals surface area contributed by atoms with Crippen molar-refractivity contribution in [1.82, 2.24) is 30.0 Å².